The van der Waals surface area contributed by atoms with E-state index in [4.69, 9.17) is 15.7 Å². The molecule has 90 heavy (non-hydrogen) atoms. The molecule has 0 atom stereocenters. The highest BCUT2D eigenvalue weighted by Gasteiger charge is 2.41. The Morgan fingerprint density at radius 3 is 1.24 bits per heavy atom. The molecule has 18 nitrogen and oxygen atoms in total. The van der Waals surface area contributed by atoms with Crippen molar-refractivity contribution in [3.8, 4) is 51.0 Å². The minimum Gasteiger partial charge on any atom is -0.406 e. The van der Waals surface area contributed by atoms with Crippen molar-refractivity contribution in [2.45, 2.75) is 111 Å². The number of aliphatic hydroxyl groups is 1. The number of ether oxygens (including phenoxy) is 4. The molecule has 0 spiro atoms. The summed E-state index contributed by atoms with van der Waals surface area (Å²) in [6.07, 6.45) is -5.74. The van der Waals surface area contributed by atoms with Crippen LogP contribution in [0.5, 0.6) is 17.2 Å². The number of halogens is 18. The van der Waals surface area contributed by atoms with Crippen LogP contribution in [0.2, 0.25) is 0 Å². The number of hydrogen-bond acceptors (Lipinski definition) is 16. The zero-order valence-corrected chi connectivity index (χ0v) is 47.8. The number of carbonyl (C=O) groups is 1. The quantitative estimate of drug-likeness (QED) is 0.0303. The number of nitrogen functional groups attached to an aromatic ring is 1. The lowest BCUT2D eigenvalue weighted by Crippen LogP contribution is -2.23. The Labute approximate surface area is 526 Å². The first-order valence-corrected chi connectivity index (χ1v) is 26.2. The summed E-state index contributed by atoms with van der Waals surface area (Å²) in [5.41, 5.74) is 6.58. The van der Waals surface area contributed by atoms with Crippen LogP contribution in [0, 0.1) is 32.6 Å². The molecular weight excluding hydrogens is 1390 g/mol. The third-order valence-electron chi connectivity index (χ3n) is 11.4. The van der Waals surface area contributed by atoms with E-state index in [-0.39, 0.29) is 82.2 Å². The van der Waals surface area contributed by atoms with Crippen LogP contribution in [0.4, 0.5) is 71.7 Å². The lowest BCUT2D eigenvalue weighted by Gasteiger charge is -2.15. The Morgan fingerprint density at radius 2 is 0.944 bits per heavy atom. The number of fused-ring (bicyclic) bond motifs is 2. The third kappa shape index (κ3) is 23.9. The molecule has 0 unspecified atom stereocenters. The predicted octanol–water partition coefficient (Wildman–Crippen LogP) is 16.2. The standard InChI is InChI=1S/C18H15F5N4O2.C14H8BrF5N4O.C12H11F3N4O.C4H8O.C2BrClF2O.4CH4/c1-10-6-12(29-18(21,22)23)4-5-13(10)14-8-27-15(7-24-14)25-26-16(27)17(19,20)28-9-11-2-3-11;1-7-4-8(25-14(18,19)20)2-3-9(7)10-6-24-11(5-21-10)22-23-12(24)13(15,16)17;1-7-4-8(20-12(13,14)15)2-3-9(7)10-5-18-11(19-16)6-17-10;5-3-4-1-2-4;3-2(5,6)1(4)7;;;;/h4-8,11H,2-3,9H2,1H3;2-6H,1H3;2-6H,16H2,1H3,(H,18,19);4-5H,1-3H2;;4*1H4. The maximum absolute atomic E-state index is 14.4. The van der Waals surface area contributed by atoms with Gasteiger partial charge in [0.05, 0.1) is 48.5 Å². The highest BCUT2D eigenvalue weighted by molar-refractivity contribution is 9.10. The molecule has 4 N–H and O–H groups in total. The van der Waals surface area contributed by atoms with Gasteiger partial charge in [0.15, 0.2) is 17.1 Å². The van der Waals surface area contributed by atoms with E-state index in [0.717, 1.165) is 33.8 Å². The predicted molar refractivity (Wildman–Crippen MR) is 309 cm³/mol. The van der Waals surface area contributed by atoms with Crippen molar-refractivity contribution in [1.82, 2.24) is 49.1 Å². The van der Waals surface area contributed by atoms with Gasteiger partial charge in [-0.2, -0.15) is 26.3 Å². The molecule has 0 amide bonds. The molecule has 5 aromatic heterocycles. The zero-order chi connectivity index (χ0) is 63.7. The van der Waals surface area contributed by atoms with E-state index in [1.54, 1.807) is 36.7 Å². The van der Waals surface area contributed by atoms with Crippen LogP contribution in [0.25, 0.3) is 45.1 Å². The van der Waals surface area contributed by atoms with Gasteiger partial charge in [0.1, 0.15) is 17.2 Å². The molecule has 0 bridgehead atoms. The van der Waals surface area contributed by atoms with Crippen molar-refractivity contribution in [3.05, 3.63) is 120 Å². The number of anilines is 1. The van der Waals surface area contributed by atoms with Crippen LogP contribution >= 0.6 is 43.5 Å². The summed E-state index contributed by atoms with van der Waals surface area (Å²) in [5.74, 6) is 4.02. The summed E-state index contributed by atoms with van der Waals surface area (Å²) in [7, 11) is 0. The highest BCUT2D eigenvalue weighted by Crippen LogP contribution is 2.38. The fourth-order valence-electron chi connectivity index (χ4n) is 7.05. The highest BCUT2D eigenvalue weighted by atomic mass is 79.9. The smallest absolute Gasteiger partial charge is 0.406 e. The Bertz CT molecular complexity index is 3600. The van der Waals surface area contributed by atoms with Crippen molar-refractivity contribution in [3.63, 3.8) is 0 Å². The summed E-state index contributed by atoms with van der Waals surface area (Å²) in [6, 6.07) is 11.4. The molecule has 5 heterocycles. The van der Waals surface area contributed by atoms with Gasteiger partial charge in [0.2, 0.25) is 11.6 Å². The molecule has 0 radical (unpaired) electrons. The van der Waals surface area contributed by atoms with Gasteiger partial charge >= 0.3 is 40.1 Å². The first-order chi connectivity index (χ1) is 39.9. The van der Waals surface area contributed by atoms with Crippen LogP contribution in [-0.4, -0.2) is 96.6 Å². The average molecular weight is 1450 g/mol. The number of alkyl halides is 17. The number of hydrazine groups is 1. The van der Waals surface area contributed by atoms with E-state index >= 15 is 0 Å². The molecule has 2 saturated carbocycles. The van der Waals surface area contributed by atoms with Gasteiger partial charge in [-0.05, 0) is 157 Å². The van der Waals surface area contributed by atoms with Gasteiger partial charge in [-0.25, -0.2) is 10.8 Å². The van der Waals surface area contributed by atoms with Gasteiger partial charge in [-0.3, -0.25) is 28.5 Å². The lowest BCUT2D eigenvalue weighted by molar-refractivity contribution is -0.275. The molecule has 10 rings (SSSR count). The van der Waals surface area contributed by atoms with E-state index in [2.05, 4.69) is 87.5 Å². The number of aromatic nitrogens is 10. The van der Waals surface area contributed by atoms with Crippen LogP contribution < -0.4 is 25.5 Å². The number of nitrogens with two attached hydrogens (primary N) is 1. The summed E-state index contributed by atoms with van der Waals surface area (Å²) < 4.78 is 207. The Hall–Kier alpha value is -7.21. The van der Waals surface area contributed by atoms with E-state index in [9.17, 15) is 70.7 Å². The van der Waals surface area contributed by atoms with Crippen LogP contribution in [0.15, 0.2) is 91.8 Å². The fourth-order valence-corrected chi connectivity index (χ4v) is 7.32. The normalized spacial score (nSPS) is 13.1. The van der Waals surface area contributed by atoms with Gasteiger partial charge in [0, 0.05) is 51.6 Å². The zero-order valence-electron chi connectivity index (χ0n) is 43.9. The number of aliphatic hydroxyl groups excluding tert-OH is 1. The number of nitrogens with one attached hydrogen (secondary N) is 1. The third-order valence-corrected chi connectivity index (χ3v) is 12.6. The number of benzene rings is 3. The van der Waals surface area contributed by atoms with E-state index in [0.29, 0.717) is 57.4 Å². The Kier molecular flexibility index (Phi) is 28.2. The Balaban J connectivity index is 0.000000416. The summed E-state index contributed by atoms with van der Waals surface area (Å²) in [6.45, 7) is 5.12. The van der Waals surface area contributed by atoms with Gasteiger partial charge in [-0.1, -0.05) is 29.7 Å². The second kappa shape index (κ2) is 32.2. The molecule has 2 aliphatic carbocycles. The number of nitrogens with zero attached hydrogens (tertiary/aromatic N) is 10. The minimum atomic E-state index is -4.81. The Morgan fingerprint density at radius 1 is 0.578 bits per heavy atom. The van der Waals surface area contributed by atoms with E-state index < -0.39 is 51.8 Å². The van der Waals surface area contributed by atoms with Crippen LogP contribution in [0.3, 0.4) is 0 Å². The van der Waals surface area contributed by atoms with Crippen LogP contribution in [-0.2, 0) is 20.5 Å². The van der Waals surface area contributed by atoms with Crippen molar-refractivity contribution in [2.24, 2.45) is 17.7 Å². The van der Waals surface area contributed by atoms with Crippen LogP contribution in [0.1, 0.15) is 83.7 Å². The van der Waals surface area contributed by atoms with Crippen molar-refractivity contribution < 1.29 is 94.7 Å². The molecule has 0 aliphatic heterocycles. The second-order valence-corrected chi connectivity index (χ2v) is 20.6. The number of hydrogen-bond donors (Lipinski definition) is 3. The minimum absolute atomic E-state index is 0. The number of aryl methyl sites for hydroxylation is 3. The van der Waals surface area contributed by atoms with Crippen molar-refractivity contribution >= 4 is 65.8 Å². The van der Waals surface area contributed by atoms with Crippen molar-refractivity contribution in [2.75, 3.05) is 18.6 Å². The molecule has 8 aromatic rings. The number of rotatable bonds is 14. The molecule has 2 fully saturated rings. The summed E-state index contributed by atoms with van der Waals surface area (Å²) >= 11 is 8.27. The summed E-state index contributed by atoms with van der Waals surface area (Å²) in [4.78, 5) is 18.8. The second-order valence-electron chi connectivity index (χ2n) is 18.2. The van der Waals surface area contributed by atoms with Gasteiger partial charge in [0.25, 0.3) is 0 Å². The van der Waals surface area contributed by atoms with E-state index in [1.165, 1.54) is 92.5 Å². The summed E-state index contributed by atoms with van der Waals surface area (Å²) in [5, 5.41) is 20.7. The first-order valence-electron chi connectivity index (χ1n) is 24.2. The maximum Gasteiger partial charge on any atom is 0.573 e. The van der Waals surface area contributed by atoms with Gasteiger partial charge < -0.3 is 29.5 Å². The maximum atomic E-state index is 14.4. The fraction of sp³-hybridized carbons (Fsp3) is 0.389. The molecule has 36 heteroatoms. The monoisotopic (exact) mass is 1450 g/mol. The number of carbonyl (C=O) groups excluding carboxylic acids is 1. The molecular formula is C54H58Br2ClF15N12O6. The molecule has 3 aromatic carbocycles. The van der Waals surface area contributed by atoms with Crippen molar-refractivity contribution in [1.29, 1.82) is 0 Å². The molecule has 2 aliphatic rings. The largest absolute Gasteiger partial charge is 0.573 e. The first kappa shape index (κ1) is 78.9. The SMILES string of the molecule is C.C.C.C.Cc1cc(OC(F)(F)F)ccc1-c1cn2c(C(F)(F)Br)nnc2cn1.Cc1cc(OC(F)(F)F)ccc1-c1cn2c(C(F)(F)OCC3CC3)nnc2cn1.Cc1cc(OC(F)(F)F)ccc1-c1cnc(NN)cn1.O=C(Cl)C(F)(F)Br.OCC1CC1. The molecule has 496 valence electrons. The average Bonchev–Trinajstić information content (AvgIpc) is 1.58. The lowest BCUT2D eigenvalue weighted by atomic mass is 10.1. The van der Waals surface area contributed by atoms with E-state index in [1.807, 2.05) is 0 Å². The van der Waals surface area contributed by atoms with Gasteiger partial charge in [-0.15, -0.1) is 59.9 Å². The molecule has 0 saturated heterocycles. The topological polar surface area (TPSA) is 224 Å².